The molecule has 5 atom stereocenters. The van der Waals surface area contributed by atoms with Gasteiger partial charge in [0.15, 0.2) is 5.60 Å². The third-order valence-corrected chi connectivity index (χ3v) is 5.83. The van der Waals surface area contributed by atoms with Gasteiger partial charge in [-0.25, -0.2) is 9.59 Å². The molecule has 6 nitrogen and oxygen atoms in total. The van der Waals surface area contributed by atoms with E-state index in [9.17, 15) is 14.7 Å². The summed E-state index contributed by atoms with van der Waals surface area (Å²) in [5, 5.41) is 10.6. The Bertz CT molecular complexity index is 556. The smallest absolute Gasteiger partial charge is 0.338 e. The number of carbonyl (C=O) groups excluding carboxylic acids is 2. The molecule has 6 heteroatoms. The topological polar surface area (TPSA) is 76.1 Å². The molecule has 0 aromatic carbocycles. The number of esters is 2. The van der Waals surface area contributed by atoms with Crippen LogP contribution in [0.2, 0.25) is 0 Å². The van der Waals surface area contributed by atoms with E-state index in [4.69, 9.17) is 9.47 Å². The van der Waals surface area contributed by atoms with Gasteiger partial charge in [0, 0.05) is 18.5 Å². The molecular weight excluding hydrogens is 310 g/mol. The van der Waals surface area contributed by atoms with Crippen molar-refractivity contribution in [2.45, 2.75) is 57.8 Å². The Labute approximate surface area is 142 Å². The van der Waals surface area contributed by atoms with Crippen molar-refractivity contribution in [2.24, 2.45) is 11.8 Å². The maximum absolute atomic E-state index is 12.4. The van der Waals surface area contributed by atoms with E-state index in [-0.39, 0.29) is 36.6 Å². The third-order valence-electron chi connectivity index (χ3n) is 5.83. The van der Waals surface area contributed by atoms with E-state index in [1.807, 2.05) is 6.92 Å². The van der Waals surface area contributed by atoms with Crippen molar-refractivity contribution in [1.29, 1.82) is 0 Å². The van der Waals surface area contributed by atoms with Crippen molar-refractivity contribution in [2.75, 3.05) is 19.7 Å². The monoisotopic (exact) mass is 337 g/mol. The van der Waals surface area contributed by atoms with Crippen LogP contribution in [0.15, 0.2) is 11.6 Å². The zero-order chi connectivity index (χ0) is 17.5. The number of carbonyl (C=O) groups is 2. The highest BCUT2D eigenvalue weighted by Crippen LogP contribution is 2.36. The molecule has 3 heterocycles. The van der Waals surface area contributed by atoms with Crippen LogP contribution >= 0.6 is 0 Å². The van der Waals surface area contributed by atoms with Crippen molar-refractivity contribution in [3.05, 3.63) is 11.6 Å². The van der Waals surface area contributed by atoms with Crippen LogP contribution in [0.4, 0.5) is 0 Å². The molecule has 0 aliphatic carbocycles. The Hall–Kier alpha value is -1.40. The summed E-state index contributed by atoms with van der Waals surface area (Å²) in [4.78, 5) is 26.9. The standard InChI is InChI=1S/C18H27NO5/c1-11-8-12(2)18(3,22)17(21)23-10-13-4-6-19-7-5-14(16(13)19)24-15(20)9-11/h9,12-14,16,22H,4-8,10H2,1-3H3/b11-9-. The lowest BCUT2D eigenvalue weighted by atomic mass is 9.85. The average molecular weight is 337 g/mol. The van der Waals surface area contributed by atoms with Gasteiger partial charge in [-0.15, -0.1) is 0 Å². The number of cyclic esters (lactones) is 1. The first-order valence-electron chi connectivity index (χ1n) is 8.80. The van der Waals surface area contributed by atoms with Crippen molar-refractivity contribution >= 4 is 11.9 Å². The van der Waals surface area contributed by atoms with Gasteiger partial charge in [0.1, 0.15) is 6.10 Å². The second kappa shape index (κ2) is 6.48. The van der Waals surface area contributed by atoms with Gasteiger partial charge < -0.3 is 14.6 Å². The van der Waals surface area contributed by atoms with Crippen LogP contribution in [0.1, 0.15) is 40.0 Å². The van der Waals surface area contributed by atoms with E-state index < -0.39 is 11.6 Å². The molecular formula is C18H27NO5. The van der Waals surface area contributed by atoms with E-state index in [2.05, 4.69) is 4.90 Å². The first-order valence-corrected chi connectivity index (χ1v) is 8.80. The fraction of sp³-hybridized carbons (Fsp3) is 0.778. The third kappa shape index (κ3) is 3.22. The van der Waals surface area contributed by atoms with Crippen molar-refractivity contribution in [3.8, 4) is 0 Å². The molecule has 0 bridgehead atoms. The number of rotatable bonds is 0. The maximum Gasteiger partial charge on any atom is 0.338 e. The molecule has 2 saturated heterocycles. The van der Waals surface area contributed by atoms with E-state index in [0.717, 1.165) is 31.5 Å². The van der Waals surface area contributed by atoms with Gasteiger partial charge in [-0.05, 0) is 45.6 Å². The highest BCUT2D eigenvalue weighted by Gasteiger charge is 2.47. The molecule has 2 fully saturated rings. The summed E-state index contributed by atoms with van der Waals surface area (Å²) in [6.45, 7) is 7.20. The number of ether oxygens (including phenoxy) is 2. The summed E-state index contributed by atoms with van der Waals surface area (Å²) in [5.41, 5.74) is -0.780. The normalized spacial score (nSPS) is 43.6. The maximum atomic E-state index is 12.4. The Morgan fingerprint density at radius 3 is 2.75 bits per heavy atom. The zero-order valence-electron chi connectivity index (χ0n) is 14.7. The Morgan fingerprint density at radius 1 is 1.29 bits per heavy atom. The van der Waals surface area contributed by atoms with E-state index in [1.165, 1.54) is 13.0 Å². The Balaban J connectivity index is 1.86. The lowest BCUT2D eigenvalue weighted by Gasteiger charge is -2.29. The number of nitrogens with zero attached hydrogens (tertiary/aromatic N) is 1. The van der Waals surface area contributed by atoms with E-state index in [1.54, 1.807) is 6.92 Å². The average Bonchev–Trinajstić information content (AvgIpc) is 3.06. The van der Waals surface area contributed by atoms with Gasteiger partial charge in [-0.1, -0.05) is 12.5 Å². The van der Waals surface area contributed by atoms with Crippen LogP contribution in [0.3, 0.4) is 0 Å². The quantitative estimate of drug-likeness (QED) is 0.671. The van der Waals surface area contributed by atoms with Crippen LogP contribution in [0.5, 0.6) is 0 Å². The fourth-order valence-electron chi connectivity index (χ4n) is 4.18. The van der Waals surface area contributed by atoms with Crippen LogP contribution in [0, 0.1) is 11.8 Å². The molecule has 24 heavy (non-hydrogen) atoms. The largest absolute Gasteiger partial charge is 0.463 e. The predicted octanol–water partition coefficient (Wildman–Crippen LogP) is 1.27. The summed E-state index contributed by atoms with van der Waals surface area (Å²) in [5.74, 6) is -1.12. The van der Waals surface area contributed by atoms with Gasteiger partial charge >= 0.3 is 11.9 Å². The predicted molar refractivity (Wildman–Crippen MR) is 87.1 cm³/mol. The Morgan fingerprint density at radius 2 is 2.00 bits per heavy atom. The second-order valence-electron chi connectivity index (χ2n) is 7.68. The summed E-state index contributed by atoms with van der Waals surface area (Å²) in [6, 6.07) is 0.110. The van der Waals surface area contributed by atoms with Crippen LogP contribution in [0.25, 0.3) is 0 Å². The first-order chi connectivity index (χ1) is 11.3. The minimum atomic E-state index is -1.57. The molecule has 0 amide bonds. The molecule has 0 aromatic heterocycles. The van der Waals surface area contributed by atoms with Crippen LogP contribution in [-0.4, -0.2) is 59.4 Å². The Kier molecular flexibility index (Phi) is 4.71. The first kappa shape index (κ1) is 17.4. The fourth-order valence-corrected chi connectivity index (χ4v) is 4.18. The van der Waals surface area contributed by atoms with Gasteiger partial charge in [-0.2, -0.15) is 0 Å². The molecule has 3 aliphatic rings. The highest BCUT2D eigenvalue weighted by atomic mass is 16.6. The van der Waals surface area contributed by atoms with Gasteiger partial charge in [0.05, 0.1) is 12.6 Å². The van der Waals surface area contributed by atoms with Gasteiger partial charge in [0.25, 0.3) is 0 Å². The minimum Gasteiger partial charge on any atom is -0.463 e. The van der Waals surface area contributed by atoms with Crippen LogP contribution < -0.4 is 0 Å². The van der Waals surface area contributed by atoms with Crippen LogP contribution in [-0.2, 0) is 19.1 Å². The molecule has 3 aliphatic heterocycles. The summed E-state index contributed by atoms with van der Waals surface area (Å²) in [6.07, 6.45) is 3.51. The zero-order valence-corrected chi connectivity index (χ0v) is 14.7. The second-order valence-corrected chi connectivity index (χ2v) is 7.68. The molecule has 5 unspecified atom stereocenters. The molecule has 1 N–H and O–H groups in total. The van der Waals surface area contributed by atoms with Gasteiger partial charge in [0.2, 0.25) is 0 Å². The van der Waals surface area contributed by atoms with Crippen molar-refractivity contribution in [3.63, 3.8) is 0 Å². The molecule has 0 aromatic rings. The molecule has 0 radical (unpaired) electrons. The molecule has 3 rings (SSSR count). The SMILES string of the molecule is C/C1=C/C(=O)OC2CCN3CCC(COC(=O)C(C)(O)C(C)C1)C23. The minimum absolute atomic E-state index is 0.110. The molecule has 0 saturated carbocycles. The summed E-state index contributed by atoms with van der Waals surface area (Å²) < 4.78 is 11.2. The lowest BCUT2D eigenvalue weighted by Crippen LogP contribution is -2.44. The van der Waals surface area contributed by atoms with E-state index in [0.29, 0.717) is 6.42 Å². The molecule has 0 spiro atoms. The number of aliphatic hydroxyl groups is 1. The lowest BCUT2D eigenvalue weighted by molar-refractivity contribution is -0.171. The number of allylic oxidation sites excluding steroid dienone is 1. The van der Waals surface area contributed by atoms with E-state index >= 15 is 0 Å². The number of hydrogen-bond donors (Lipinski definition) is 1. The summed E-state index contributed by atoms with van der Waals surface area (Å²) >= 11 is 0. The highest BCUT2D eigenvalue weighted by molar-refractivity contribution is 5.83. The number of hydrogen-bond acceptors (Lipinski definition) is 6. The summed E-state index contributed by atoms with van der Waals surface area (Å²) in [7, 11) is 0. The van der Waals surface area contributed by atoms with Gasteiger partial charge in [-0.3, -0.25) is 4.90 Å². The van der Waals surface area contributed by atoms with Crippen molar-refractivity contribution < 1.29 is 24.2 Å². The van der Waals surface area contributed by atoms with Crippen molar-refractivity contribution in [1.82, 2.24) is 4.90 Å². The molecule has 134 valence electrons.